The van der Waals surface area contributed by atoms with E-state index in [1.165, 1.54) is 24.1 Å². The van der Waals surface area contributed by atoms with Gasteiger partial charge in [0.05, 0.1) is 6.10 Å². The Balaban J connectivity index is 1.58. The topological polar surface area (TPSA) is 20.2 Å². The molecule has 2 aliphatic carbocycles. The van der Waals surface area contributed by atoms with Crippen LogP contribution in [0.2, 0.25) is 0 Å². The van der Waals surface area contributed by atoms with Crippen LogP contribution in [0.3, 0.4) is 0 Å². The normalized spacial score (nSPS) is 35.2. The third-order valence-corrected chi connectivity index (χ3v) is 5.58. The maximum atomic E-state index is 10.1. The van der Waals surface area contributed by atoms with Gasteiger partial charge in [0.25, 0.3) is 0 Å². The Labute approximate surface area is 103 Å². The van der Waals surface area contributed by atoms with Gasteiger partial charge in [-0.3, -0.25) is 0 Å². The molecule has 1 aromatic rings. The Kier molecular flexibility index (Phi) is 2.65. The maximum absolute atomic E-state index is 10.1. The molecule has 3 rings (SSSR count). The molecule has 3 heteroatoms. The van der Waals surface area contributed by atoms with E-state index in [-0.39, 0.29) is 6.10 Å². The lowest BCUT2D eigenvalue weighted by molar-refractivity contribution is 0.105. The number of fused-ring (bicyclic) bond motifs is 1. The molecular weight excluding hydrogens is 272 g/mol. The fraction of sp³-hybridized carbons (Fsp3) is 0.667. The molecule has 0 amide bonds. The number of hydrogen-bond acceptors (Lipinski definition) is 2. The van der Waals surface area contributed by atoms with Gasteiger partial charge in [-0.15, -0.1) is 11.3 Å². The highest BCUT2D eigenvalue weighted by Crippen LogP contribution is 2.55. The average Bonchev–Trinajstić information content (AvgIpc) is 2.61. The van der Waals surface area contributed by atoms with Gasteiger partial charge >= 0.3 is 0 Å². The molecule has 0 bridgehead atoms. The first kappa shape index (κ1) is 10.3. The summed E-state index contributed by atoms with van der Waals surface area (Å²) in [6.45, 7) is 0. The molecule has 2 saturated carbocycles. The minimum Gasteiger partial charge on any atom is -0.392 e. The summed E-state index contributed by atoms with van der Waals surface area (Å²) in [4.78, 5) is 1.30. The smallest absolute Gasteiger partial charge is 0.0616 e. The summed E-state index contributed by atoms with van der Waals surface area (Å²) in [5, 5.41) is 12.2. The van der Waals surface area contributed by atoms with Gasteiger partial charge in [-0.05, 0) is 59.0 Å². The molecule has 2 fully saturated rings. The fourth-order valence-corrected chi connectivity index (χ4v) is 4.41. The number of aliphatic hydroxyl groups excluding tert-OH is 1. The molecule has 0 saturated heterocycles. The molecule has 0 aromatic carbocycles. The van der Waals surface area contributed by atoms with Crippen LogP contribution in [-0.2, 0) is 6.42 Å². The van der Waals surface area contributed by atoms with Crippen LogP contribution in [0, 0.1) is 17.8 Å². The fourth-order valence-electron chi connectivity index (χ4n) is 2.91. The number of thiophene rings is 1. The van der Waals surface area contributed by atoms with Gasteiger partial charge in [0.2, 0.25) is 0 Å². The van der Waals surface area contributed by atoms with Crippen LogP contribution in [0.15, 0.2) is 15.9 Å². The van der Waals surface area contributed by atoms with Crippen molar-refractivity contribution >= 4 is 27.3 Å². The monoisotopic (exact) mass is 286 g/mol. The lowest BCUT2D eigenvalue weighted by atomic mass is 9.94. The van der Waals surface area contributed by atoms with Crippen LogP contribution in [0.4, 0.5) is 0 Å². The number of aliphatic hydroxyl groups is 1. The zero-order valence-corrected chi connectivity index (χ0v) is 10.9. The first-order valence-corrected chi connectivity index (χ1v) is 7.30. The Morgan fingerprint density at radius 2 is 2.13 bits per heavy atom. The molecule has 82 valence electrons. The van der Waals surface area contributed by atoms with E-state index < -0.39 is 0 Å². The van der Waals surface area contributed by atoms with Gasteiger partial charge in [0, 0.05) is 21.2 Å². The Morgan fingerprint density at radius 1 is 1.40 bits per heavy atom. The zero-order valence-electron chi connectivity index (χ0n) is 8.53. The SMILES string of the molecule is OC(Cc1cc(Br)cs1)C1CC2CC2C1. The highest BCUT2D eigenvalue weighted by molar-refractivity contribution is 9.10. The van der Waals surface area contributed by atoms with Crippen LogP contribution >= 0.6 is 27.3 Å². The van der Waals surface area contributed by atoms with Crippen LogP contribution in [0.5, 0.6) is 0 Å². The van der Waals surface area contributed by atoms with E-state index in [0.29, 0.717) is 5.92 Å². The molecular formula is C12H15BrOS. The van der Waals surface area contributed by atoms with Crippen molar-refractivity contribution in [2.45, 2.75) is 31.8 Å². The summed E-state index contributed by atoms with van der Waals surface area (Å²) in [5.41, 5.74) is 0. The van der Waals surface area contributed by atoms with E-state index >= 15 is 0 Å². The molecule has 3 atom stereocenters. The second-order valence-electron chi connectivity index (χ2n) is 4.99. The zero-order chi connectivity index (χ0) is 10.4. The van der Waals surface area contributed by atoms with Gasteiger partial charge in [0.1, 0.15) is 0 Å². The van der Waals surface area contributed by atoms with Crippen molar-refractivity contribution in [3.8, 4) is 0 Å². The van der Waals surface area contributed by atoms with E-state index in [9.17, 15) is 5.11 Å². The summed E-state index contributed by atoms with van der Waals surface area (Å²) in [7, 11) is 0. The van der Waals surface area contributed by atoms with Gasteiger partial charge < -0.3 is 5.11 Å². The molecule has 0 aliphatic heterocycles. The third kappa shape index (κ3) is 2.15. The van der Waals surface area contributed by atoms with Crippen LogP contribution in [0.1, 0.15) is 24.1 Å². The molecule has 1 nitrogen and oxygen atoms in total. The van der Waals surface area contributed by atoms with Gasteiger partial charge in [0.15, 0.2) is 0 Å². The molecule has 2 aliphatic rings. The van der Waals surface area contributed by atoms with E-state index in [0.717, 1.165) is 22.7 Å². The standard InChI is InChI=1S/C12H15BrOS/c13-10-4-11(15-6-10)5-12(14)9-2-7-1-8(7)3-9/h4,6-9,12,14H,1-3,5H2. The summed E-state index contributed by atoms with van der Waals surface area (Å²) < 4.78 is 1.14. The van der Waals surface area contributed by atoms with Crippen molar-refractivity contribution in [1.82, 2.24) is 0 Å². The highest BCUT2D eigenvalue weighted by Gasteiger charge is 2.47. The summed E-state index contributed by atoms with van der Waals surface area (Å²) >= 11 is 5.19. The van der Waals surface area contributed by atoms with Crippen molar-refractivity contribution in [2.75, 3.05) is 0 Å². The first-order chi connectivity index (χ1) is 7.22. The largest absolute Gasteiger partial charge is 0.392 e. The lowest BCUT2D eigenvalue weighted by Gasteiger charge is -2.18. The van der Waals surface area contributed by atoms with Gasteiger partial charge in [-0.2, -0.15) is 0 Å². The van der Waals surface area contributed by atoms with Gasteiger partial charge in [-0.1, -0.05) is 0 Å². The summed E-state index contributed by atoms with van der Waals surface area (Å²) in [6.07, 6.45) is 4.73. The van der Waals surface area contributed by atoms with Crippen molar-refractivity contribution in [1.29, 1.82) is 0 Å². The van der Waals surface area contributed by atoms with Crippen molar-refractivity contribution in [3.05, 3.63) is 20.8 Å². The third-order valence-electron chi connectivity index (χ3n) is 3.86. The number of hydrogen-bond donors (Lipinski definition) is 1. The minimum absolute atomic E-state index is 0.108. The lowest BCUT2D eigenvalue weighted by Crippen LogP contribution is -2.21. The van der Waals surface area contributed by atoms with Gasteiger partial charge in [-0.25, -0.2) is 0 Å². The predicted octanol–water partition coefficient (Wildman–Crippen LogP) is 3.46. The maximum Gasteiger partial charge on any atom is 0.0616 e. The second kappa shape index (κ2) is 3.86. The highest BCUT2D eigenvalue weighted by atomic mass is 79.9. The number of rotatable bonds is 3. The Bertz CT molecular complexity index is 352. The first-order valence-electron chi connectivity index (χ1n) is 5.63. The molecule has 3 unspecified atom stereocenters. The molecule has 0 spiro atoms. The second-order valence-corrected chi connectivity index (χ2v) is 6.90. The van der Waals surface area contributed by atoms with E-state index in [1.807, 2.05) is 0 Å². The molecule has 1 N–H and O–H groups in total. The van der Waals surface area contributed by atoms with Crippen molar-refractivity contribution in [3.63, 3.8) is 0 Å². The average molecular weight is 287 g/mol. The predicted molar refractivity (Wildman–Crippen MR) is 66.1 cm³/mol. The van der Waals surface area contributed by atoms with Crippen LogP contribution < -0.4 is 0 Å². The molecule has 0 radical (unpaired) electrons. The molecule has 15 heavy (non-hydrogen) atoms. The molecule has 1 aromatic heterocycles. The van der Waals surface area contributed by atoms with Crippen molar-refractivity contribution in [2.24, 2.45) is 17.8 Å². The summed E-state index contributed by atoms with van der Waals surface area (Å²) in [5.74, 6) is 2.52. The summed E-state index contributed by atoms with van der Waals surface area (Å²) in [6, 6.07) is 2.13. The Morgan fingerprint density at radius 3 is 2.73 bits per heavy atom. The van der Waals surface area contributed by atoms with Crippen LogP contribution in [-0.4, -0.2) is 11.2 Å². The van der Waals surface area contributed by atoms with Crippen LogP contribution in [0.25, 0.3) is 0 Å². The quantitative estimate of drug-likeness (QED) is 0.902. The van der Waals surface area contributed by atoms with Crippen molar-refractivity contribution < 1.29 is 5.11 Å². The van der Waals surface area contributed by atoms with E-state index in [1.54, 1.807) is 11.3 Å². The minimum atomic E-state index is -0.108. The molecule has 1 heterocycles. The van der Waals surface area contributed by atoms with E-state index in [2.05, 4.69) is 27.4 Å². The number of halogens is 1. The van der Waals surface area contributed by atoms with E-state index in [4.69, 9.17) is 0 Å². The Hall–Kier alpha value is 0.140.